The summed E-state index contributed by atoms with van der Waals surface area (Å²) >= 11 is 25.9. The van der Waals surface area contributed by atoms with Crippen LogP contribution in [0.4, 0.5) is 10.8 Å². The van der Waals surface area contributed by atoms with E-state index in [4.69, 9.17) is 46.4 Å². The van der Waals surface area contributed by atoms with E-state index >= 15 is 0 Å². The van der Waals surface area contributed by atoms with E-state index in [2.05, 4.69) is 10.3 Å². The van der Waals surface area contributed by atoms with Gasteiger partial charge in [-0.25, -0.2) is 4.98 Å². The average molecular weight is 404 g/mol. The number of anilines is 2. The Morgan fingerprint density at radius 3 is 2.26 bits per heavy atom. The molecule has 0 fully saturated rings. The molecule has 3 rings (SSSR count). The van der Waals surface area contributed by atoms with Gasteiger partial charge in [-0.2, -0.15) is 0 Å². The van der Waals surface area contributed by atoms with E-state index in [0.29, 0.717) is 30.9 Å². The number of aromatic nitrogens is 1. The van der Waals surface area contributed by atoms with Gasteiger partial charge in [0, 0.05) is 10.4 Å². The highest BCUT2D eigenvalue weighted by molar-refractivity contribution is 7.16. The van der Waals surface area contributed by atoms with Crippen LogP contribution >= 0.6 is 57.7 Å². The van der Waals surface area contributed by atoms with E-state index in [1.165, 1.54) is 11.3 Å². The van der Waals surface area contributed by atoms with Gasteiger partial charge in [-0.1, -0.05) is 58.5 Å². The van der Waals surface area contributed by atoms with E-state index in [9.17, 15) is 0 Å². The SMILES string of the molecule is Cc1sc(Nc2c(Cl)cccc2Cl)nc1-c1ccc(Cl)c(Cl)c1. The van der Waals surface area contributed by atoms with Crippen LogP contribution in [0.1, 0.15) is 4.88 Å². The molecule has 0 bridgehead atoms. The second kappa shape index (κ2) is 6.88. The Labute approximate surface area is 158 Å². The van der Waals surface area contributed by atoms with Crippen molar-refractivity contribution in [1.82, 2.24) is 4.98 Å². The van der Waals surface area contributed by atoms with Crippen LogP contribution < -0.4 is 5.32 Å². The van der Waals surface area contributed by atoms with Crippen molar-refractivity contribution in [3.8, 4) is 11.3 Å². The Morgan fingerprint density at radius 2 is 1.61 bits per heavy atom. The molecule has 0 aliphatic rings. The van der Waals surface area contributed by atoms with E-state index in [1.54, 1.807) is 30.3 Å². The van der Waals surface area contributed by atoms with Crippen LogP contribution in [0.3, 0.4) is 0 Å². The summed E-state index contributed by atoms with van der Waals surface area (Å²) in [6, 6.07) is 10.8. The average Bonchev–Trinajstić information content (AvgIpc) is 2.87. The maximum atomic E-state index is 6.18. The lowest BCUT2D eigenvalue weighted by molar-refractivity contribution is 1.36. The summed E-state index contributed by atoms with van der Waals surface area (Å²) in [6.07, 6.45) is 0. The third kappa shape index (κ3) is 3.59. The zero-order valence-electron chi connectivity index (χ0n) is 11.8. The molecule has 0 atom stereocenters. The van der Waals surface area contributed by atoms with Crippen LogP contribution in [-0.4, -0.2) is 4.98 Å². The lowest BCUT2D eigenvalue weighted by Crippen LogP contribution is -1.91. The molecule has 7 heteroatoms. The van der Waals surface area contributed by atoms with Gasteiger partial charge in [0.25, 0.3) is 0 Å². The van der Waals surface area contributed by atoms with Gasteiger partial charge >= 0.3 is 0 Å². The summed E-state index contributed by atoms with van der Waals surface area (Å²) in [5.41, 5.74) is 2.40. The van der Waals surface area contributed by atoms with Gasteiger partial charge in [0.1, 0.15) is 0 Å². The first-order chi connectivity index (χ1) is 11.0. The van der Waals surface area contributed by atoms with Gasteiger partial charge in [-0.05, 0) is 31.2 Å². The van der Waals surface area contributed by atoms with Crippen molar-refractivity contribution >= 4 is 68.6 Å². The van der Waals surface area contributed by atoms with Crippen molar-refractivity contribution in [3.63, 3.8) is 0 Å². The van der Waals surface area contributed by atoms with Crippen LogP contribution in [0, 0.1) is 6.92 Å². The van der Waals surface area contributed by atoms with Crippen molar-refractivity contribution in [2.24, 2.45) is 0 Å². The maximum Gasteiger partial charge on any atom is 0.188 e. The van der Waals surface area contributed by atoms with Crippen LogP contribution in [0.5, 0.6) is 0 Å². The number of hydrogen-bond donors (Lipinski definition) is 1. The van der Waals surface area contributed by atoms with Crippen molar-refractivity contribution in [3.05, 3.63) is 61.4 Å². The van der Waals surface area contributed by atoms with Crippen LogP contribution in [0.25, 0.3) is 11.3 Å². The molecule has 23 heavy (non-hydrogen) atoms. The summed E-state index contributed by atoms with van der Waals surface area (Å²) in [7, 11) is 0. The molecule has 0 aliphatic heterocycles. The van der Waals surface area contributed by atoms with E-state index in [-0.39, 0.29) is 0 Å². The molecule has 118 valence electrons. The number of hydrogen-bond acceptors (Lipinski definition) is 3. The van der Waals surface area contributed by atoms with Gasteiger partial charge < -0.3 is 5.32 Å². The summed E-state index contributed by atoms with van der Waals surface area (Å²) in [5.74, 6) is 0. The predicted octanol–water partition coefficient (Wildman–Crippen LogP) is 7.48. The normalized spacial score (nSPS) is 10.8. The first-order valence-electron chi connectivity index (χ1n) is 6.59. The molecule has 0 amide bonds. The molecule has 1 N–H and O–H groups in total. The topological polar surface area (TPSA) is 24.9 Å². The Hall–Kier alpha value is -0.970. The van der Waals surface area contributed by atoms with E-state index in [0.717, 1.165) is 16.1 Å². The standard InChI is InChI=1S/C16H10Cl4N2S/c1-8-14(9-5-6-10(17)13(20)7-9)21-16(23-8)22-15-11(18)3-2-4-12(15)19/h2-7H,1H3,(H,21,22). The quantitative estimate of drug-likeness (QED) is 0.490. The fourth-order valence-electron chi connectivity index (χ4n) is 2.09. The summed E-state index contributed by atoms with van der Waals surface area (Å²) in [4.78, 5) is 5.67. The molecule has 2 aromatic carbocycles. The van der Waals surface area contributed by atoms with Crippen LogP contribution in [0.2, 0.25) is 20.1 Å². The van der Waals surface area contributed by atoms with E-state index in [1.807, 2.05) is 13.0 Å². The van der Waals surface area contributed by atoms with Gasteiger partial charge in [-0.15, -0.1) is 11.3 Å². The molecule has 0 aliphatic carbocycles. The highest BCUT2D eigenvalue weighted by Crippen LogP contribution is 2.37. The minimum atomic E-state index is 0.500. The highest BCUT2D eigenvalue weighted by atomic mass is 35.5. The molecular weight excluding hydrogens is 394 g/mol. The molecule has 2 nitrogen and oxygen atoms in total. The van der Waals surface area contributed by atoms with Gasteiger partial charge in [-0.3, -0.25) is 0 Å². The van der Waals surface area contributed by atoms with Gasteiger partial charge in [0.15, 0.2) is 5.13 Å². The van der Waals surface area contributed by atoms with Crippen molar-refractivity contribution in [2.75, 3.05) is 5.32 Å². The Balaban J connectivity index is 1.96. The molecule has 0 radical (unpaired) electrons. The minimum absolute atomic E-state index is 0.500. The molecule has 0 unspecified atom stereocenters. The Morgan fingerprint density at radius 1 is 0.913 bits per heavy atom. The molecule has 0 spiro atoms. The van der Waals surface area contributed by atoms with E-state index < -0.39 is 0 Å². The Bertz CT molecular complexity index is 856. The van der Waals surface area contributed by atoms with Crippen molar-refractivity contribution in [2.45, 2.75) is 6.92 Å². The zero-order chi connectivity index (χ0) is 16.6. The number of nitrogens with zero attached hydrogens (tertiary/aromatic N) is 1. The third-order valence-corrected chi connectivity index (χ3v) is 5.44. The van der Waals surface area contributed by atoms with Gasteiger partial charge in [0.05, 0.1) is 31.5 Å². The Kier molecular flexibility index (Phi) is 5.04. The smallest absolute Gasteiger partial charge is 0.188 e. The highest BCUT2D eigenvalue weighted by Gasteiger charge is 2.13. The number of nitrogens with one attached hydrogen (secondary N) is 1. The first kappa shape index (κ1) is 16.9. The van der Waals surface area contributed by atoms with Gasteiger partial charge in [0.2, 0.25) is 0 Å². The summed E-state index contributed by atoms with van der Waals surface area (Å²) in [6.45, 7) is 1.99. The third-order valence-electron chi connectivity index (χ3n) is 3.18. The minimum Gasteiger partial charge on any atom is -0.329 e. The number of para-hydroxylation sites is 1. The fourth-order valence-corrected chi connectivity index (χ4v) is 3.72. The molecule has 3 aromatic rings. The fraction of sp³-hybridized carbons (Fsp3) is 0.0625. The molecule has 0 saturated carbocycles. The molecular formula is C16H10Cl4N2S. The predicted molar refractivity (Wildman–Crippen MR) is 102 cm³/mol. The molecule has 1 aromatic heterocycles. The monoisotopic (exact) mass is 402 g/mol. The van der Waals surface area contributed by atoms with Crippen LogP contribution in [0.15, 0.2) is 36.4 Å². The number of halogens is 4. The van der Waals surface area contributed by atoms with Crippen LogP contribution in [-0.2, 0) is 0 Å². The van der Waals surface area contributed by atoms with Crippen molar-refractivity contribution < 1.29 is 0 Å². The number of rotatable bonds is 3. The first-order valence-corrected chi connectivity index (χ1v) is 8.92. The maximum absolute atomic E-state index is 6.18. The molecule has 0 saturated heterocycles. The number of benzene rings is 2. The lowest BCUT2D eigenvalue weighted by Gasteiger charge is -2.07. The van der Waals surface area contributed by atoms with Crippen molar-refractivity contribution in [1.29, 1.82) is 0 Å². The zero-order valence-corrected chi connectivity index (χ0v) is 15.7. The summed E-state index contributed by atoms with van der Waals surface area (Å²) in [5, 5.41) is 5.99. The molecule has 1 heterocycles. The number of aryl methyl sites for hydroxylation is 1. The number of thiazole rings is 1. The summed E-state index contributed by atoms with van der Waals surface area (Å²) < 4.78 is 0. The lowest BCUT2D eigenvalue weighted by atomic mass is 10.1. The largest absolute Gasteiger partial charge is 0.329 e. The second-order valence-electron chi connectivity index (χ2n) is 4.77. The second-order valence-corrected chi connectivity index (χ2v) is 7.61.